The largest absolute Gasteiger partial charge is 0.508 e. The Morgan fingerprint density at radius 2 is 1.79 bits per heavy atom. The number of aromatic hydroxyl groups is 1. The molecule has 5 N–H and O–H groups in total. The molecule has 10 heteroatoms. The average molecular weight is 492 g/mol. The topological polar surface area (TPSA) is 124 Å². The Hall–Kier alpha value is -2.98. The zero-order valence-electron chi connectivity index (χ0n) is 17.9. The maximum Gasteiger partial charge on any atom is 0.229 e. The summed E-state index contributed by atoms with van der Waals surface area (Å²) in [4.78, 5) is 3.38. The number of benzene rings is 3. The molecule has 0 spiro atoms. The number of phenols is 1. The second-order valence-corrected chi connectivity index (χ2v) is 9.34. The number of aromatic amines is 1. The first-order chi connectivity index (χ1) is 15.3. The first-order valence-electron chi connectivity index (χ1n) is 10.1. The lowest BCUT2D eigenvalue weighted by atomic mass is 10.1. The van der Waals surface area contributed by atoms with E-state index in [9.17, 15) is 18.6 Å². The van der Waals surface area contributed by atoms with Gasteiger partial charge in [0, 0.05) is 46.7 Å². The van der Waals surface area contributed by atoms with Gasteiger partial charge < -0.3 is 25.3 Å². The molecule has 8 nitrogen and oxygen atoms in total. The fourth-order valence-corrected chi connectivity index (χ4v) is 4.17. The van der Waals surface area contributed by atoms with Crippen LogP contribution in [0.1, 0.15) is 11.7 Å². The van der Waals surface area contributed by atoms with Crippen molar-refractivity contribution in [2.75, 3.05) is 30.7 Å². The van der Waals surface area contributed by atoms with Crippen LogP contribution in [0.4, 0.5) is 5.69 Å². The summed E-state index contributed by atoms with van der Waals surface area (Å²) in [6.45, 7) is 1.03. The van der Waals surface area contributed by atoms with Crippen LogP contribution in [0, 0.1) is 0 Å². The van der Waals surface area contributed by atoms with Crippen molar-refractivity contribution in [3.05, 3.63) is 66.2 Å². The SMILES string of the molecule is CS(=O)(=O)Nc1ccc(O)c(C(O)CNCCOc2ccc3c(c2)[nH]c2ccccc23)c1.Cl. The highest BCUT2D eigenvalue weighted by molar-refractivity contribution is 7.92. The van der Waals surface area contributed by atoms with Crippen LogP contribution in [0.25, 0.3) is 21.8 Å². The molecule has 0 aliphatic rings. The van der Waals surface area contributed by atoms with Crippen molar-refractivity contribution >= 4 is 49.9 Å². The highest BCUT2D eigenvalue weighted by Crippen LogP contribution is 2.29. The fourth-order valence-electron chi connectivity index (χ4n) is 3.61. The van der Waals surface area contributed by atoms with Crippen molar-refractivity contribution in [1.82, 2.24) is 10.3 Å². The van der Waals surface area contributed by atoms with Crippen LogP contribution < -0.4 is 14.8 Å². The number of anilines is 1. The number of ether oxygens (including phenoxy) is 1. The number of rotatable bonds is 9. The van der Waals surface area contributed by atoms with Crippen molar-refractivity contribution in [1.29, 1.82) is 0 Å². The summed E-state index contributed by atoms with van der Waals surface area (Å²) in [6, 6.07) is 18.2. The Balaban J connectivity index is 0.00000306. The van der Waals surface area contributed by atoms with Gasteiger partial charge in [-0.15, -0.1) is 12.4 Å². The maximum atomic E-state index is 11.4. The lowest BCUT2D eigenvalue weighted by molar-refractivity contribution is 0.168. The first-order valence-corrected chi connectivity index (χ1v) is 12.0. The predicted molar refractivity (Wildman–Crippen MR) is 133 cm³/mol. The number of H-pyrrole nitrogens is 1. The number of aliphatic hydroxyl groups excluding tert-OH is 1. The van der Waals surface area contributed by atoms with Gasteiger partial charge in [-0.2, -0.15) is 0 Å². The second kappa shape index (κ2) is 10.3. The molecule has 0 aliphatic carbocycles. The standard InChI is InChI=1S/C23H25N3O5S.ClH/c1-32(29,30)26-15-6-9-22(27)19(12-15)23(28)14-24-10-11-31-16-7-8-18-17-4-2-3-5-20(17)25-21(18)13-16;/h2-9,12-13,23-28H,10-11,14H2,1H3;1H. The number of fused-ring (bicyclic) bond motifs is 3. The third-order valence-electron chi connectivity index (χ3n) is 5.05. The van der Waals surface area contributed by atoms with Crippen molar-refractivity contribution in [3.8, 4) is 11.5 Å². The lowest BCUT2D eigenvalue weighted by Crippen LogP contribution is -2.26. The Morgan fingerprint density at radius 3 is 2.58 bits per heavy atom. The van der Waals surface area contributed by atoms with Crippen molar-refractivity contribution < 1.29 is 23.4 Å². The molecule has 1 atom stereocenters. The van der Waals surface area contributed by atoms with Crippen LogP contribution in [0.15, 0.2) is 60.7 Å². The van der Waals surface area contributed by atoms with E-state index < -0.39 is 16.1 Å². The van der Waals surface area contributed by atoms with Gasteiger partial charge in [-0.1, -0.05) is 18.2 Å². The molecule has 0 aliphatic heterocycles. The third kappa shape index (κ3) is 6.08. The fraction of sp³-hybridized carbons (Fsp3) is 0.217. The number of aliphatic hydroxyl groups is 1. The molecule has 176 valence electrons. The Kier molecular flexibility index (Phi) is 7.70. The number of nitrogens with one attached hydrogen (secondary N) is 3. The summed E-state index contributed by atoms with van der Waals surface area (Å²) in [6.07, 6.45) is 0.0203. The van der Waals surface area contributed by atoms with E-state index in [1.807, 2.05) is 36.4 Å². The van der Waals surface area contributed by atoms with Crippen molar-refractivity contribution in [2.24, 2.45) is 0 Å². The monoisotopic (exact) mass is 491 g/mol. The molecule has 0 bridgehead atoms. The van der Waals surface area contributed by atoms with Gasteiger partial charge in [-0.25, -0.2) is 8.42 Å². The lowest BCUT2D eigenvalue weighted by Gasteiger charge is -2.15. The van der Waals surface area contributed by atoms with Crippen molar-refractivity contribution in [3.63, 3.8) is 0 Å². The molecule has 0 saturated heterocycles. The normalized spacial score (nSPS) is 12.4. The van der Waals surface area contributed by atoms with Gasteiger partial charge in [-0.05, 0) is 36.4 Å². The number of halogens is 1. The molecule has 3 aromatic carbocycles. The smallest absolute Gasteiger partial charge is 0.229 e. The molecule has 4 aromatic rings. The molecular formula is C23H26ClN3O5S. The van der Waals surface area contributed by atoms with E-state index in [1.165, 1.54) is 23.6 Å². The quantitative estimate of drug-likeness (QED) is 0.180. The molecule has 1 unspecified atom stereocenters. The predicted octanol–water partition coefficient (Wildman–Crippen LogP) is 3.52. The summed E-state index contributed by atoms with van der Waals surface area (Å²) < 4.78 is 30.9. The Bertz CT molecular complexity index is 1360. The maximum absolute atomic E-state index is 11.4. The molecule has 1 heterocycles. The van der Waals surface area contributed by atoms with E-state index in [2.05, 4.69) is 21.1 Å². The van der Waals surface area contributed by atoms with Gasteiger partial charge in [0.1, 0.15) is 18.1 Å². The highest BCUT2D eigenvalue weighted by atomic mass is 35.5. The van der Waals surface area contributed by atoms with Gasteiger partial charge >= 0.3 is 0 Å². The van der Waals surface area contributed by atoms with E-state index in [-0.39, 0.29) is 36.0 Å². The van der Waals surface area contributed by atoms with Crippen LogP contribution in [0.5, 0.6) is 11.5 Å². The molecule has 0 radical (unpaired) electrons. The minimum Gasteiger partial charge on any atom is -0.508 e. The third-order valence-corrected chi connectivity index (χ3v) is 5.66. The van der Waals surface area contributed by atoms with E-state index >= 15 is 0 Å². The first kappa shape index (κ1) is 24.7. The average Bonchev–Trinajstić information content (AvgIpc) is 3.11. The highest BCUT2D eigenvalue weighted by Gasteiger charge is 2.14. The van der Waals surface area contributed by atoms with Gasteiger partial charge in [0.15, 0.2) is 0 Å². The van der Waals surface area contributed by atoms with Crippen molar-refractivity contribution in [2.45, 2.75) is 6.10 Å². The number of sulfonamides is 1. The van der Waals surface area contributed by atoms with Gasteiger partial charge in [0.05, 0.1) is 17.9 Å². The molecule has 0 fully saturated rings. The summed E-state index contributed by atoms with van der Waals surface area (Å²) in [5.41, 5.74) is 2.59. The van der Waals surface area contributed by atoms with E-state index in [4.69, 9.17) is 4.74 Å². The molecule has 33 heavy (non-hydrogen) atoms. The van der Waals surface area contributed by atoms with E-state index in [1.54, 1.807) is 0 Å². The number of hydrogen-bond donors (Lipinski definition) is 5. The minimum absolute atomic E-state index is 0. The summed E-state index contributed by atoms with van der Waals surface area (Å²) in [7, 11) is -3.45. The molecular weight excluding hydrogens is 466 g/mol. The van der Waals surface area contributed by atoms with E-state index in [0.29, 0.717) is 13.2 Å². The van der Waals surface area contributed by atoms with Gasteiger partial charge in [-0.3, -0.25) is 4.72 Å². The number of hydrogen-bond acceptors (Lipinski definition) is 6. The summed E-state index contributed by atoms with van der Waals surface area (Å²) in [5, 5.41) is 25.8. The van der Waals surface area contributed by atoms with Crippen LogP contribution >= 0.6 is 12.4 Å². The number of para-hydroxylation sites is 1. The summed E-state index contributed by atoms with van der Waals surface area (Å²) >= 11 is 0. The number of aromatic nitrogens is 1. The summed E-state index contributed by atoms with van der Waals surface area (Å²) in [5.74, 6) is 0.629. The van der Waals surface area contributed by atoms with Crippen LogP contribution in [0.3, 0.4) is 0 Å². The Morgan fingerprint density at radius 1 is 1.03 bits per heavy atom. The molecule has 1 aromatic heterocycles. The zero-order chi connectivity index (χ0) is 22.7. The minimum atomic E-state index is -3.45. The second-order valence-electron chi connectivity index (χ2n) is 7.59. The van der Waals surface area contributed by atoms with Gasteiger partial charge in [0.25, 0.3) is 0 Å². The molecule has 0 saturated carbocycles. The van der Waals surface area contributed by atoms with Gasteiger partial charge in [0.2, 0.25) is 10.0 Å². The molecule has 4 rings (SSSR count). The van der Waals surface area contributed by atoms with E-state index in [0.717, 1.165) is 28.4 Å². The number of phenolic OH excluding ortho intramolecular Hbond substituents is 1. The van der Waals surface area contributed by atoms with Crippen LogP contribution in [-0.4, -0.2) is 49.6 Å². The zero-order valence-corrected chi connectivity index (χ0v) is 19.5. The van der Waals surface area contributed by atoms with Crippen LogP contribution in [-0.2, 0) is 10.0 Å². The Labute approximate surface area is 198 Å². The van der Waals surface area contributed by atoms with Crippen LogP contribution in [0.2, 0.25) is 0 Å². The molecule has 0 amide bonds.